The van der Waals surface area contributed by atoms with E-state index in [1.54, 1.807) is 7.11 Å². The van der Waals surface area contributed by atoms with Crippen molar-refractivity contribution in [2.24, 2.45) is 0 Å². The molecule has 0 aliphatic heterocycles. The third kappa shape index (κ3) is 8.18. The number of methoxy groups -OCH3 is 2. The van der Waals surface area contributed by atoms with Gasteiger partial charge in [-0.05, 0) is 18.5 Å². The van der Waals surface area contributed by atoms with Gasteiger partial charge in [0.15, 0.2) is 0 Å². The summed E-state index contributed by atoms with van der Waals surface area (Å²) in [5.41, 5.74) is 0.870. The summed E-state index contributed by atoms with van der Waals surface area (Å²) in [6.07, 6.45) is 0.144. The molecule has 0 unspecified atom stereocenters. The summed E-state index contributed by atoms with van der Waals surface area (Å²) in [5.74, 6) is -0.527. The fourth-order valence-electron chi connectivity index (χ4n) is 1.83. The molecule has 7 nitrogen and oxygen atoms in total. The van der Waals surface area contributed by atoms with Crippen LogP contribution in [0.4, 0.5) is 4.79 Å². The number of carbonyl (C=O) groups is 2. The summed E-state index contributed by atoms with van der Waals surface area (Å²) in [7, 11) is 2.90. The average molecular weight is 324 g/mol. The van der Waals surface area contributed by atoms with Crippen molar-refractivity contribution in [3.63, 3.8) is 0 Å². The Labute approximate surface area is 136 Å². The number of ether oxygens (including phenoxy) is 3. The Bertz CT molecular complexity index is 467. The first-order valence-corrected chi connectivity index (χ1v) is 7.42. The van der Waals surface area contributed by atoms with Gasteiger partial charge in [-0.25, -0.2) is 9.59 Å². The van der Waals surface area contributed by atoms with E-state index < -0.39 is 18.1 Å². The lowest BCUT2D eigenvalue weighted by molar-refractivity contribution is -0.142. The Morgan fingerprint density at radius 1 is 1.17 bits per heavy atom. The van der Waals surface area contributed by atoms with Gasteiger partial charge in [0.05, 0.1) is 7.11 Å². The highest BCUT2D eigenvalue weighted by Gasteiger charge is 2.21. The number of carbonyl (C=O) groups excluding carboxylic acids is 2. The second-order valence-corrected chi connectivity index (χ2v) is 4.83. The van der Waals surface area contributed by atoms with Gasteiger partial charge in [-0.3, -0.25) is 0 Å². The van der Waals surface area contributed by atoms with Gasteiger partial charge in [-0.2, -0.15) is 0 Å². The van der Waals surface area contributed by atoms with E-state index in [4.69, 9.17) is 9.47 Å². The van der Waals surface area contributed by atoms with Crippen molar-refractivity contribution in [2.45, 2.75) is 19.1 Å². The lowest BCUT2D eigenvalue weighted by Gasteiger charge is -2.17. The minimum absolute atomic E-state index is 0.141. The largest absolute Gasteiger partial charge is 0.467 e. The maximum absolute atomic E-state index is 11.8. The van der Waals surface area contributed by atoms with Crippen LogP contribution in [0, 0.1) is 0 Å². The zero-order valence-electron chi connectivity index (χ0n) is 13.5. The number of amides is 1. The molecule has 0 heterocycles. The summed E-state index contributed by atoms with van der Waals surface area (Å²) in [6, 6.07) is 8.50. The number of nitrogens with one attached hydrogen (secondary N) is 2. The summed E-state index contributed by atoms with van der Waals surface area (Å²) >= 11 is 0. The van der Waals surface area contributed by atoms with Crippen molar-refractivity contribution in [3.05, 3.63) is 35.9 Å². The first kappa shape index (κ1) is 18.9. The Balaban J connectivity index is 2.36. The predicted molar refractivity (Wildman–Crippen MR) is 84.9 cm³/mol. The van der Waals surface area contributed by atoms with Crippen molar-refractivity contribution in [2.75, 3.05) is 33.9 Å². The van der Waals surface area contributed by atoms with Gasteiger partial charge >= 0.3 is 12.1 Å². The maximum atomic E-state index is 11.8. The van der Waals surface area contributed by atoms with Crippen molar-refractivity contribution >= 4 is 12.1 Å². The van der Waals surface area contributed by atoms with Crippen LogP contribution in [-0.4, -0.2) is 52.0 Å². The number of hydrogen-bond acceptors (Lipinski definition) is 6. The van der Waals surface area contributed by atoms with Crippen molar-refractivity contribution in [1.29, 1.82) is 0 Å². The van der Waals surface area contributed by atoms with Crippen molar-refractivity contribution in [1.82, 2.24) is 10.6 Å². The van der Waals surface area contributed by atoms with Gasteiger partial charge < -0.3 is 24.8 Å². The standard InChI is InChI=1S/C16H24N2O5/c1-21-10-6-9-17-11-14(15(19)22-2)18-16(20)23-12-13-7-4-3-5-8-13/h3-5,7-8,14,17H,6,9-12H2,1-2H3,(H,18,20)/t14-/m0/s1. The van der Waals surface area contributed by atoms with Crippen LogP contribution in [0.15, 0.2) is 30.3 Å². The first-order chi connectivity index (χ1) is 11.2. The lowest BCUT2D eigenvalue weighted by Crippen LogP contribution is -2.48. The smallest absolute Gasteiger partial charge is 0.408 e. The molecule has 23 heavy (non-hydrogen) atoms. The Hall–Kier alpha value is -2.12. The molecule has 0 aromatic heterocycles. The van der Waals surface area contributed by atoms with Crippen LogP contribution < -0.4 is 10.6 Å². The van der Waals surface area contributed by atoms with E-state index in [9.17, 15) is 9.59 Å². The number of alkyl carbamates (subject to hydrolysis) is 1. The highest BCUT2D eigenvalue weighted by Crippen LogP contribution is 2.01. The SMILES string of the molecule is COCCCNC[C@H](NC(=O)OCc1ccccc1)C(=O)OC. The molecular formula is C16H24N2O5. The Morgan fingerprint density at radius 2 is 1.91 bits per heavy atom. The maximum Gasteiger partial charge on any atom is 0.408 e. The molecule has 1 atom stereocenters. The number of benzene rings is 1. The van der Waals surface area contributed by atoms with E-state index in [0.717, 1.165) is 12.0 Å². The molecular weight excluding hydrogens is 300 g/mol. The van der Waals surface area contributed by atoms with E-state index in [-0.39, 0.29) is 13.2 Å². The topological polar surface area (TPSA) is 85.9 Å². The molecule has 128 valence electrons. The first-order valence-electron chi connectivity index (χ1n) is 7.42. The van der Waals surface area contributed by atoms with Crippen LogP contribution in [0.3, 0.4) is 0 Å². The van der Waals surface area contributed by atoms with E-state index in [0.29, 0.717) is 13.2 Å². The summed E-state index contributed by atoms with van der Waals surface area (Å²) < 4.78 is 14.7. The molecule has 0 saturated carbocycles. The molecule has 0 bridgehead atoms. The minimum Gasteiger partial charge on any atom is -0.467 e. The van der Waals surface area contributed by atoms with Crippen LogP contribution in [0.1, 0.15) is 12.0 Å². The highest BCUT2D eigenvalue weighted by atomic mass is 16.6. The van der Waals surface area contributed by atoms with Gasteiger partial charge in [0.1, 0.15) is 12.6 Å². The van der Waals surface area contributed by atoms with Crippen molar-refractivity contribution < 1.29 is 23.8 Å². The molecule has 0 fully saturated rings. The molecule has 0 saturated heterocycles. The number of hydrogen-bond donors (Lipinski definition) is 2. The molecule has 0 aliphatic rings. The fraction of sp³-hybridized carbons (Fsp3) is 0.500. The Morgan fingerprint density at radius 3 is 2.57 bits per heavy atom. The van der Waals surface area contributed by atoms with Crippen molar-refractivity contribution in [3.8, 4) is 0 Å². The highest BCUT2D eigenvalue weighted by molar-refractivity contribution is 5.81. The zero-order valence-corrected chi connectivity index (χ0v) is 13.5. The molecule has 0 radical (unpaired) electrons. The molecule has 2 N–H and O–H groups in total. The van der Waals surface area contributed by atoms with Crippen LogP contribution in [0.2, 0.25) is 0 Å². The average Bonchev–Trinajstić information content (AvgIpc) is 2.59. The molecule has 1 aromatic rings. The fourth-order valence-corrected chi connectivity index (χ4v) is 1.83. The van der Waals surface area contributed by atoms with Crippen LogP contribution in [-0.2, 0) is 25.6 Å². The molecule has 1 amide bonds. The van der Waals surface area contributed by atoms with E-state index >= 15 is 0 Å². The number of esters is 1. The Kier molecular flexibility index (Phi) is 9.42. The molecule has 0 aliphatic carbocycles. The third-order valence-corrected chi connectivity index (χ3v) is 3.04. The minimum atomic E-state index is -0.800. The normalized spacial score (nSPS) is 11.6. The molecule has 7 heteroatoms. The zero-order chi connectivity index (χ0) is 16.9. The summed E-state index contributed by atoms with van der Waals surface area (Å²) in [4.78, 5) is 23.5. The number of rotatable bonds is 10. The van der Waals surface area contributed by atoms with E-state index in [1.165, 1.54) is 7.11 Å². The predicted octanol–water partition coefficient (Wildman–Crippen LogP) is 1.08. The lowest BCUT2D eigenvalue weighted by atomic mass is 10.2. The van der Waals surface area contributed by atoms with Crippen LogP contribution >= 0.6 is 0 Å². The second-order valence-electron chi connectivity index (χ2n) is 4.83. The van der Waals surface area contributed by atoms with Gasteiger partial charge in [0.25, 0.3) is 0 Å². The second kappa shape index (κ2) is 11.4. The van der Waals surface area contributed by atoms with Gasteiger partial charge in [-0.15, -0.1) is 0 Å². The van der Waals surface area contributed by atoms with Gasteiger partial charge in [-0.1, -0.05) is 30.3 Å². The van der Waals surface area contributed by atoms with Crippen LogP contribution in [0.5, 0.6) is 0 Å². The third-order valence-electron chi connectivity index (χ3n) is 3.04. The van der Waals surface area contributed by atoms with Gasteiger partial charge in [0.2, 0.25) is 0 Å². The summed E-state index contributed by atoms with van der Waals surface area (Å²) in [6.45, 7) is 1.70. The summed E-state index contributed by atoms with van der Waals surface area (Å²) in [5, 5.41) is 5.56. The van der Waals surface area contributed by atoms with Gasteiger partial charge in [0, 0.05) is 20.3 Å². The molecule has 1 rings (SSSR count). The quantitative estimate of drug-likeness (QED) is 0.495. The van der Waals surface area contributed by atoms with E-state index in [1.807, 2.05) is 30.3 Å². The van der Waals surface area contributed by atoms with E-state index in [2.05, 4.69) is 15.4 Å². The molecule has 0 spiro atoms. The van der Waals surface area contributed by atoms with Crippen LogP contribution in [0.25, 0.3) is 0 Å². The monoisotopic (exact) mass is 324 g/mol. The molecule has 1 aromatic carbocycles.